The molecule has 23 heavy (non-hydrogen) atoms. The maximum atomic E-state index is 12.3. The van der Waals surface area contributed by atoms with Gasteiger partial charge < -0.3 is 9.88 Å². The van der Waals surface area contributed by atoms with Crippen LogP contribution in [-0.4, -0.2) is 20.7 Å². The third-order valence-corrected chi connectivity index (χ3v) is 3.88. The smallest absolute Gasteiger partial charge is 0.276 e. The molecule has 0 spiro atoms. The summed E-state index contributed by atoms with van der Waals surface area (Å²) in [5.74, 6) is -0.184. The van der Waals surface area contributed by atoms with Gasteiger partial charge in [-0.25, -0.2) is 0 Å². The van der Waals surface area contributed by atoms with Crippen LogP contribution in [0.15, 0.2) is 36.5 Å². The Bertz CT molecular complexity index is 815. The molecule has 120 valence electrons. The lowest BCUT2D eigenvalue weighted by Gasteiger charge is -2.06. The Morgan fingerprint density at radius 3 is 2.87 bits per heavy atom. The molecule has 0 aliphatic rings. The standard InChI is InChI=1S/C18H22N4O/c1-3-5-15-12-16(21-20-15)18(23)19-14-6-7-17-13(11-14)8-10-22(17)9-4-2/h6-8,10-12H,3-5,9H2,1-2H3,(H,19,23)(H,20,21). The van der Waals surface area contributed by atoms with Gasteiger partial charge in [-0.05, 0) is 43.2 Å². The molecule has 3 rings (SSSR count). The first kappa shape index (κ1) is 15.3. The molecule has 5 nitrogen and oxygen atoms in total. The molecular weight excluding hydrogens is 288 g/mol. The van der Waals surface area contributed by atoms with Crippen molar-refractivity contribution in [1.82, 2.24) is 14.8 Å². The number of aromatic nitrogens is 3. The Morgan fingerprint density at radius 1 is 1.22 bits per heavy atom. The molecule has 0 aliphatic carbocycles. The maximum absolute atomic E-state index is 12.3. The highest BCUT2D eigenvalue weighted by atomic mass is 16.1. The lowest BCUT2D eigenvalue weighted by atomic mass is 10.2. The van der Waals surface area contributed by atoms with Crippen LogP contribution in [0.3, 0.4) is 0 Å². The van der Waals surface area contributed by atoms with E-state index < -0.39 is 0 Å². The maximum Gasteiger partial charge on any atom is 0.276 e. The Hall–Kier alpha value is -2.56. The molecule has 1 aromatic carbocycles. The number of hydrogen-bond donors (Lipinski definition) is 2. The predicted molar refractivity (Wildman–Crippen MR) is 92.8 cm³/mol. The van der Waals surface area contributed by atoms with E-state index in [0.29, 0.717) is 5.69 Å². The van der Waals surface area contributed by atoms with Crippen LogP contribution in [0.4, 0.5) is 5.69 Å². The van der Waals surface area contributed by atoms with E-state index in [1.54, 1.807) is 0 Å². The molecule has 0 saturated carbocycles. The molecule has 0 unspecified atom stereocenters. The van der Waals surface area contributed by atoms with Crippen molar-refractivity contribution in [3.8, 4) is 0 Å². The number of rotatable bonds is 6. The number of anilines is 1. The number of amides is 1. The van der Waals surface area contributed by atoms with Crippen molar-refractivity contribution >= 4 is 22.5 Å². The molecule has 0 aliphatic heterocycles. The number of aromatic amines is 1. The molecule has 5 heteroatoms. The number of H-pyrrole nitrogens is 1. The van der Waals surface area contributed by atoms with E-state index in [0.717, 1.165) is 42.6 Å². The number of nitrogens with zero attached hydrogens (tertiary/aromatic N) is 2. The Morgan fingerprint density at radius 2 is 2.09 bits per heavy atom. The van der Waals surface area contributed by atoms with Gasteiger partial charge in [0.25, 0.3) is 5.91 Å². The second-order valence-corrected chi connectivity index (χ2v) is 5.77. The Balaban J connectivity index is 1.76. The van der Waals surface area contributed by atoms with Gasteiger partial charge in [-0.3, -0.25) is 9.89 Å². The minimum atomic E-state index is -0.184. The van der Waals surface area contributed by atoms with Crippen molar-refractivity contribution in [1.29, 1.82) is 0 Å². The van der Waals surface area contributed by atoms with Crippen molar-refractivity contribution in [2.45, 2.75) is 39.7 Å². The summed E-state index contributed by atoms with van der Waals surface area (Å²) >= 11 is 0. The molecule has 0 fully saturated rings. The van der Waals surface area contributed by atoms with E-state index in [4.69, 9.17) is 0 Å². The quantitative estimate of drug-likeness (QED) is 0.723. The molecular formula is C18H22N4O. The minimum Gasteiger partial charge on any atom is -0.347 e. The van der Waals surface area contributed by atoms with Crippen LogP contribution in [0, 0.1) is 0 Å². The number of fused-ring (bicyclic) bond motifs is 1. The summed E-state index contributed by atoms with van der Waals surface area (Å²) in [6.45, 7) is 5.26. The Kier molecular flexibility index (Phi) is 4.46. The lowest BCUT2D eigenvalue weighted by Crippen LogP contribution is -2.12. The summed E-state index contributed by atoms with van der Waals surface area (Å²) in [6, 6.07) is 9.88. The second-order valence-electron chi connectivity index (χ2n) is 5.77. The van der Waals surface area contributed by atoms with E-state index in [2.05, 4.69) is 46.2 Å². The predicted octanol–water partition coefficient (Wildman–Crippen LogP) is 3.98. The number of benzene rings is 1. The van der Waals surface area contributed by atoms with E-state index in [1.807, 2.05) is 24.3 Å². The third-order valence-electron chi connectivity index (χ3n) is 3.88. The Labute approximate surface area is 135 Å². The van der Waals surface area contributed by atoms with Crippen molar-refractivity contribution in [3.63, 3.8) is 0 Å². The normalized spacial score (nSPS) is 11.0. The van der Waals surface area contributed by atoms with Crippen molar-refractivity contribution in [2.24, 2.45) is 0 Å². The third kappa shape index (κ3) is 3.28. The van der Waals surface area contributed by atoms with Gasteiger partial charge in [-0.2, -0.15) is 5.10 Å². The van der Waals surface area contributed by atoms with Crippen LogP contribution in [-0.2, 0) is 13.0 Å². The van der Waals surface area contributed by atoms with E-state index in [9.17, 15) is 4.79 Å². The number of hydrogen-bond acceptors (Lipinski definition) is 2. The highest BCUT2D eigenvalue weighted by Gasteiger charge is 2.11. The van der Waals surface area contributed by atoms with Crippen molar-refractivity contribution in [2.75, 3.05) is 5.32 Å². The monoisotopic (exact) mass is 310 g/mol. The summed E-state index contributed by atoms with van der Waals surface area (Å²) in [5.41, 5.74) is 3.40. The van der Waals surface area contributed by atoms with Crippen molar-refractivity contribution in [3.05, 3.63) is 47.9 Å². The molecule has 3 aromatic rings. The van der Waals surface area contributed by atoms with E-state index >= 15 is 0 Å². The first-order valence-corrected chi connectivity index (χ1v) is 8.15. The zero-order valence-electron chi connectivity index (χ0n) is 13.6. The largest absolute Gasteiger partial charge is 0.347 e. The number of nitrogens with one attached hydrogen (secondary N) is 2. The molecule has 2 heterocycles. The highest BCUT2D eigenvalue weighted by Crippen LogP contribution is 2.21. The molecule has 0 atom stereocenters. The molecule has 0 saturated heterocycles. The van der Waals surface area contributed by atoms with E-state index in [-0.39, 0.29) is 5.91 Å². The lowest BCUT2D eigenvalue weighted by molar-refractivity contribution is 0.102. The van der Waals surface area contributed by atoms with Gasteiger partial charge >= 0.3 is 0 Å². The summed E-state index contributed by atoms with van der Waals surface area (Å²) in [5, 5.41) is 11.0. The molecule has 0 radical (unpaired) electrons. The SMILES string of the molecule is CCCc1cc(C(=O)Nc2ccc3c(ccn3CCC)c2)n[nH]1. The van der Waals surface area contributed by atoms with Gasteiger partial charge in [0.05, 0.1) is 0 Å². The average molecular weight is 310 g/mol. The molecule has 0 bridgehead atoms. The van der Waals surface area contributed by atoms with Crippen LogP contribution in [0.25, 0.3) is 10.9 Å². The average Bonchev–Trinajstić information content (AvgIpc) is 3.15. The summed E-state index contributed by atoms with van der Waals surface area (Å²) in [6.07, 6.45) is 5.11. The molecule has 2 aromatic heterocycles. The molecule has 1 amide bonds. The topological polar surface area (TPSA) is 62.7 Å². The van der Waals surface area contributed by atoms with Crippen LogP contribution >= 0.6 is 0 Å². The highest BCUT2D eigenvalue weighted by molar-refractivity contribution is 6.03. The van der Waals surface area contributed by atoms with Gasteiger partial charge in [0, 0.05) is 35.0 Å². The summed E-state index contributed by atoms with van der Waals surface area (Å²) in [7, 11) is 0. The zero-order valence-corrected chi connectivity index (χ0v) is 13.6. The van der Waals surface area contributed by atoms with Gasteiger partial charge in [0.1, 0.15) is 0 Å². The second kappa shape index (κ2) is 6.69. The van der Waals surface area contributed by atoms with Crippen LogP contribution in [0.5, 0.6) is 0 Å². The molecule has 2 N–H and O–H groups in total. The van der Waals surface area contributed by atoms with Gasteiger partial charge in [-0.15, -0.1) is 0 Å². The van der Waals surface area contributed by atoms with Gasteiger partial charge in [0.2, 0.25) is 0 Å². The van der Waals surface area contributed by atoms with Crippen LogP contribution in [0.1, 0.15) is 42.9 Å². The van der Waals surface area contributed by atoms with Gasteiger partial charge in [0.15, 0.2) is 5.69 Å². The first-order valence-electron chi connectivity index (χ1n) is 8.15. The summed E-state index contributed by atoms with van der Waals surface area (Å²) in [4.78, 5) is 12.3. The van der Waals surface area contributed by atoms with Crippen LogP contribution < -0.4 is 5.32 Å². The minimum absolute atomic E-state index is 0.184. The fourth-order valence-corrected chi connectivity index (χ4v) is 2.78. The first-order chi connectivity index (χ1) is 11.2. The van der Waals surface area contributed by atoms with Crippen molar-refractivity contribution < 1.29 is 4.79 Å². The number of aryl methyl sites for hydroxylation is 2. The van der Waals surface area contributed by atoms with Crippen LogP contribution in [0.2, 0.25) is 0 Å². The zero-order chi connectivity index (χ0) is 16.2. The summed E-state index contributed by atoms with van der Waals surface area (Å²) < 4.78 is 2.23. The number of carbonyl (C=O) groups excluding carboxylic acids is 1. The number of carbonyl (C=O) groups is 1. The fraction of sp³-hybridized carbons (Fsp3) is 0.333. The fourth-order valence-electron chi connectivity index (χ4n) is 2.78. The van der Waals surface area contributed by atoms with E-state index in [1.165, 1.54) is 5.52 Å². The van der Waals surface area contributed by atoms with Gasteiger partial charge in [-0.1, -0.05) is 20.3 Å².